The average Bonchev–Trinajstić information content (AvgIpc) is 2.38. The van der Waals surface area contributed by atoms with Gasteiger partial charge in [0.05, 0.1) is 0 Å². The normalized spacial score (nSPS) is 10.6. The number of benzene rings is 1. The summed E-state index contributed by atoms with van der Waals surface area (Å²) in [5.74, 6) is -0.791. The molecule has 2 rings (SSSR count). The van der Waals surface area contributed by atoms with Crippen molar-refractivity contribution >= 4 is 5.78 Å². The summed E-state index contributed by atoms with van der Waals surface area (Å²) in [6.45, 7) is 0. The number of nitrogens with zero attached hydrogens (tertiary/aromatic N) is 1. The van der Waals surface area contributed by atoms with Crippen molar-refractivity contribution in [2.45, 2.75) is 6.43 Å². The predicted molar refractivity (Wildman–Crippen MR) is 60.7 cm³/mol. The lowest BCUT2D eigenvalue weighted by Gasteiger charge is -2.05. The Balaban J connectivity index is 2.42. The van der Waals surface area contributed by atoms with Crippen LogP contribution >= 0.6 is 0 Å². The van der Waals surface area contributed by atoms with Crippen LogP contribution in [0.15, 0.2) is 42.7 Å². The lowest BCUT2D eigenvalue weighted by Crippen LogP contribution is -2.02. The molecule has 3 nitrogen and oxygen atoms in total. The maximum absolute atomic E-state index is 12.6. The topological polar surface area (TPSA) is 50.2 Å². The van der Waals surface area contributed by atoms with Gasteiger partial charge in [0, 0.05) is 29.1 Å². The molecule has 0 aliphatic carbocycles. The number of carbonyl (C=O) groups is 1. The van der Waals surface area contributed by atoms with Gasteiger partial charge in [-0.2, -0.15) is 0 Å². The molecule has 1 aromatic heterocycles. The van der Waals surface area contributed by atoms with Gasteiger partial charge in [0.25, 0.3) is 6.43 Å². The molecule has 0 saturated heterocycles. The van der Waals surface area contributed by atoms with E-state index in [1.807, 2.05) is 0 Å². The van der Waals surface area contributed by atoms with Crippen LogP contribution in [0.2, 0.25) is 0 Å². The van der Waals surface area contributed by atoms with Gasteiger partial charge < -0.3 is 5.11 Å². The molecule has 0 atom stereocenters. The van der Waals surface area contributed by atoms with E-state index in [0.29, 0.717) is 5.56 Å². The lowest BCUT2D eigenvalue weighted by atomic mass is 10.0. The Kier molecular flexibility index (Phi) is 3.32. The molecule has 18 heavy (non-hydrogen) atoms. The standard InChI is InChI=1S/C13H9F2NO2/c14-13(15)10-5-9(6-11(17)7-10)12(18)8-1-3-16-4-2-8/h1-7,13,17H. The minimum atomic E-state index is -2.74. The Morgan fingerprint density at radius 3 is 2.39 bits per heavy atom. The highest BCUT2D eigenvalue weighted by Gasteiger charge is 2.15. The minimum absolute atomic E-state index is 0.0245. The summed E-state index contributed by atoms with van der Waals surface area (Å²) in [6.07, 6.45) is 0.134. The molecule has 0 amide bonds. The zero-order valence-corrected chi connectivity index (χ0v) is 9.18. The molecule has 0 aliphatic heterocycles. The largest absolute Gasteiger partial charge is 0.508 e. The highest BCUT2D eigenvalue weighted by molar-refractivity contribution is 6.09. The number of halogens is 2. The smallest absolute Gasteiger partial charge is 0.264 e. The van der Waals surface area contributed by atoms with E-state index < -0.39 is 12.2 Å². The maximum Gasteiger partial charge on any atom is 0.264 e. The van der Waals surface area contributed by atoms with Gasteiger partial charge in [0.1, 0.15) is 5.75 Å². The number of aromatic nitrogens is 1. The summed E-state index contributed by atoms with van der Waals surface area (Å²) >= 11 is 0. The number of alkyl halides is 2. The van der Waals surface area contributed by atoms with E-state index in [1.54, 1.807) is 0 Å². The molecular formula is C13H9F2NO2. The van der Waals surface area contributed by atoms with Gasteiger partial charge in [-0.1, -0.05) is 0 Å². The average molecular weight is 249 g/mol. The van der Waals surface area contributed by atoms with E-state index in [9.17, 15) is 18.7 Å². The van der Waals surface area contributed by atoms with Crippen molar-refractivity contribution < 1.29 is 18.7 Å². The summed E-state index contributed by atoms with van der Waals surface area (Å²) in [6, 6.07) is 6.14. The molecular weight excluding hydrogens is 240 g/mol. The summed E-state index contributed by atoms with van der Waals surface area (Å²) in [5, 5.41) is 9.34. The van der Waals surface area contributed by atoms with Crippen LogP contribution in [0.25, 0.3) is 0 Å². The van der Waals surface area contributed by atoms with Crippen LogP contribution in [0.3, 0.4) is 0 Å². The molecule has 0 bridgehead atoms. The predicted octanol–water partition coefficient (Wildman–Crippen LogP) is 2.96. The maximum atomic E-state index is 12.6. The molecule has 0 spiro atoms. The first-order chi connectivity index (χ1) is 8.58. The van der Waals surface area contributed by atoms with Crippen molar-refractivity contribution in [3.63, 3.8) is 0 Å². The third kappa shape index (κ3) is 2.51. The molecule has 0 aliphatic rings. The molecule has 5 heteroatoms. The first kappa shape index (κ1) is 12.2. The Bertz CT molecular complexity index is 570. The van der Waals surface area contributed by atoms with Crippen LogP contribution in [-0.2, 0) is 0 Å². The van der Waals surface area contributed by atoms with Crippen LogP contribution in [0, 0.1) is 0 Å². The fourth-order valence-corrected chi connectivity index (χ4v) is 1.56. The lowest BCUT2D eigenvalue weighted by molar-refractivity contribution is 0.103. The summed E-state index contributed by atoms with van der Waals surface area (Å²) in [5.41, 5.74) is -0.0280. The number of pyridine rings is 1. The van der Waals surface area contributed by atoms with Crippen molar-refractivity contribution in [2.24, 2.45) is 0 Å². The second kappa shape index (κ2) is 4.91. The number of aromatic hydroxyl groups is 1. The van der Waals surface area contributed by atoms with Crippen molar-refractivity contribution in [1.29, 1.82) is 0 Å². The Hall–Kier alpha value is -2.30. The second-order valence-electron chi connectivity index (χ2n) is 3.68. The Morgan fingerprint density at radius 2 is 1.78 bits per heavy atom. The monoisotopic (exact) mass is 249 g/mol. The SMILES string of the molecule is O=C(c1ccncc1)c1cc(O)cc(C(F)F)c1. The highest BCUT2D eigenvalue weighted by Crippen LogP contribution is 2.25. The molecule has 1 aromatic carbocycles. The van der Waals surface area contributed by atoms with Gasteiger partial charge in [-0.3, -0.25) is 9.78 Å². The van der Waals surface area contributed by atoms with Gasteiger partial charge in [-0.15, -0.1) is 0 Å². The number of hydrogen-bond donors (Lipinski definition) is 1. The van der Waals surface area contributed by atoms with Crippen LogP contribution in [0.5, 0.6) is 5.75 Å². The van der Waals surface area contributed by atoms with Crippen molar-refractivity contribution in [3.05, 3.63) is 59.4 Å². The zero-order chi connectivity index (χ0) is 13.1. The highest BCUT2D eigenvalue weighted by atomic mass is 19.3. The fraction of sp³-hybridized carbons (Fsp3) is 0.0769. The first-order valence-corrected chi connectivity index (χ1v) is 5.15. The number of phenolic OH excluding ortho intramolecular Hbond substituents is 1. The molecule has 2 aromatic rings. The van der Waals surface area contributed by atoms with Crippen LogP contribution in [-0.4, -0.2) is 15.9 Å². The van der Waals surface area contributed by atoms with E-state index in [4.69, 9.17) is 0 Å². The van der Waals surface area contributed by atoms with Gasteiger partial charge in [-0.25, -0.2) is 8.78 Å². The van der Waals surface area contributed by atoms with E-state index in [0.717, 1.165) is 18.2 Å². The molecule has 0 radical (unpaired) electrons. The number of hydrogen-bond acceptors (Lipinski definition) is 3. The summed E-state index contributed by atoms with van der Waals surface area (Å²) < 4.78 is 25.1. The molecule has 1 heterocycles. The van der Waals surface area contributed by atoms with E-state index in [2.05, 4.69) is 4.98 Å². The zero-order valence-electron chi connectivity index (χ0n) is 9.18. The van der Waals surface area contributed by atoms with Gasteiger partial charge in [0.15, 0.2) is 5.78 Å². The van der Waals surface area contributed by atoms with Crippen molar-refractivity contribution in [3.8, 4) is 5.75 Å². The number of carbonyl (C=O) groups excluding carboxylic acids is 1. The summed E-state index contributed by atoms with van der Waals surface area (Å²) in [4.78, 5) is 15.8. The van der Waals surface area contributed by atoms with E-state index >= 15 is 0 Å². The summed E-state index contributed by atoms with van der Waals surface area (Å²) in [7, 11) is 0. The number of ketones is 1. The van der Waals surface area contributed by atoms with E-state index in [-0.39, 0.29) is 16.9 Å². The molecule has 0 fully saturated rings. The van der Waals surface area contributed by atoms with Crippen molar-refractivity contribution in [1.82, 2.24) is 4.98 Å². The van der Waals surface area contributed by atoms with Crippen LogP contribution < -0.4 is 0 Å². The number of rotatable bonds is 3. The first-order valence-electron chi connectivity index (χ1n) is 5.15. The quantitative estimate of drug-likeness (QED) is 0.851. The number of phenols is 1. The molecule has 0 saturated carbocycles. The van der Waals surface area contributed by atoms with Crippen LogP contribution in [0.1, 0.15) is 27.9 Å². The van der Waals surface area contributed by atoms with Gasteiger partial charge in [-0.05, 0) is 30.3 Å². The minimum Gasteiger partial charge on any atom is -0.508 e. The molecule has 0 unspecified atom stereocenters. The Morgan fingerprint density at radius 1 is 1.11 bits per heavy atom. The van der Waals surface area contributed by atoms with Gasteiger partial charge >= 0.3 is 0 Å². The van der Waals surface area contributed by atoms with Crippen LogP contribution in [0.4, 0.5) is 8.78 Å². The third-order valence-corrected chi connectivity index (χ3v) is 2.40. The van der Waals surface area contributed by atoms with Crippen molar-refractivity contribution in [2.75, 3.05) is 0 Å². The third-order valence-electron chi connectivity index (χ3n) is 2.40. The van der Waals surface area contributed by atoms with Gasteiger partial charge in [0.2, 0.25) is 0 Å². The Labute approximate surface area is 102 Å². The molecule has 92 valence electrons. The fourth-order valence-electron chi connectivity index (χ4n) is 1.56. The molecule has 1 N–H and O–H groups in total. The second-order valence-corrected chi connectivity index (χ2v) is 3.68. The van der Waals surface area contributed by atoms with E-state index in [1.165, 1.54) is 24.5 Å².